The number of methoxy groups -OCH3 is 1. The molecule has 0 aliphatic heterocycles. The van der Waals surface area contributed by atoms with Crippen molar-refractivity contribution in [3.8, 4) is 5.88 Å². The maximum absolute atomic E-state index is 5.60. The zero-order chi connectivity index (χ0) is 14.5. The van der Waals surface area contributed by atoms with Crippen molar-refractivity contribution in [1.82, 2.24) is 10.3 Å². The molecule has 0 aliphatic rings. The van der Waals surface area contributed by atoms with E-state index in [0.717, 1.165) is 12.1 Å². The molecule has 0 bridgehead atoms. The van der Waals surface area contributed by atoms with Crippen LogP contribution in [0.3, 0.4) is 0 Å². The summed E-state index contributed by atoms with van der Waals surface area (Å²) in [5, 5.41) is 3.08. The fourth-order valence-corrected chi connectivity index (χ4v) is 1.54. The summed E-state index contributed by atoms with van der Waals surface area (Å²) in [7, 11) is 3.54. The lowest BCUT2D eigenvalue weighted by Crippen LogP contribution is -2.14. The van der Waals surface area contributed by atoms with Gasteiger partial charge in [0.2, 0.25) is 5.88 Å². The van der Waals surface area contributed by atoms with Crippen LogP contribution < -0.4 is 10.1 Å². The lowest BCUT2D eigenvalue weighted by molar-refractivity contribution is 0.0176. The Kier molecular flexibility index (Phi) is 9.77. The average Bonchev–Trinajstić information content (AvgIpc) is 2.47. The van der Waals surface area contributed by atoms with Gasteiger partial charge in [-0.2, -0.15) is 0 Å². The summed E-state index contributed by atoms with van der Waals surface area (Å²) in [4.78, 5) is 4.21. The van der Waals surface area contributed by atoms with Crippen LogP contribution >= 0.6 is 0 Å². The predicted octanol–water partition coefficient (Wildman–Crippen LogP) is 0.859. The first-order valence-electron chi connectivity index (χ1n) is 6.74. The van der Waals surface area contributed by atoms with Gasteiger partial charge in [0.05, 0.1) is 33.0 Å². The molecule has 0 aliphatic carbocycles. The molecule has 1 rings (SSSR count). The molecule has 0 aromatic carbocycles. The van der Waals surface area contributed by atoms with Gasteiger partial charge in [0.15, 0.2) is 0 Å². The van der Waals surface area contributed by atoms with E-state index in [9.17, 15) is 0 Å². The van der Waals surface area contributed by atoms with Gasteiger partial charge in [-0.15, -0.1) is 0 Å². The van der Waals surface area contributed by atoms with Gasteiger partial charge in [-0.1, -0.05) is 6.07 Å². The monoisotopic (exact) mass is 284 g/mol. The van der Waals surface area contributed by atoms with E-state index in [1.54, 1.807) is 13.3 Å². The first-order chi connectivity index (χ1) is 9.88. The van der Waals surface area contributed by atoms with Gasteiger partial charge in [-0.25, -0.2) is 4.98 Å². The van der Waals surface area contributed by atoms with E-state index in [2.05, 4.69) is 10.3 Å². The average molecular weight is 284 g/mol. The Bertz CT molecular complexity index is 350. The van der Waals surface area contributed by atoms with Crippen LogP contribution in [-0.4, -0.2) is 58.8 Å². The highest BCUT2D eigenvalue weighted by Crippen LogP contribution is 2.13. The zero-order valence-corrected chi connectivity index (χ0v) is 12.3. The van der Waals surface area contributed by atoms with Gasteiger partial charge in [0, 0.05) is 25.4 Å². The largest absolute Gasteiger partial charge is 0.475 e. The van der Waals surface area contributed by atoms with Crippen molar-refractivity contribution in [3.05, 3.63) is 23.9 Å². The van der Waals surface area contributed by atoms with E-state index in [-0.39, 0.29) is 0 Å². The van der Waals surface area contributed by atoms with Crippen molar-refractivity contribution < 1.29 is 18.9 Å². The van der Waals surface area contributed by atoms with Crippen LogP contribution in [0.1, 0.15) is 5.56 Å². The Morgan fingerprint density at radius 1 is 1.05 bits per heavy atom. The summed E-state index contributed by atoms with van der Waals surface area (Å²) < 4.78 is 21.1. The molecule has 0 saturated carbocycles. The minimum Gasteiger partial charge on any atom is -0.475 e. The molecule has 0 spiro atoms. The second-order valence-corrected chi connectivity index (χ2v) is 4.06. The van der Waals surface area contributed by atoms with Crippen molar-refractivity contribution in [3.63, 3.8) is 0 Å². The van der Waals surface area contributed by atoms with Crippen molar-refractivity contribution in [2.24, 2.45) is 0 Å². The number of nitrogens with one attached hydrogen (secondary N) is 1. The van der Waals surface area contributed by atoms with Gasteiger partial charge in [0.25, 0.3) is 0 Å². The Balaban J connectivity index is 2.06. The molecule has 0 radical (unpaired) electrons. The molecule has 114 valence electrons. The van der Waals surface area contributed by atoms with Crippen molar-refractivity contribution in [2.75, 3.05) is 53.8 Å². The van der Waals surface area contributed by atoms with E-state index in [4.69, 9.17) is 18.9 Å². The molecule has 1 aromatic rings. The molecule has 6 nitrogen and oxygen atoms in total. The van der Waals surface area contributed by atoms with Crippen molar-refractivity contribution in [1.29, 1.82) is 0 Å². The summed E-state index contributed by atoms with van der Waals surface area (Å²) in [6.45, 7) is 4.05. The van der Waals surface area contributed by atoms with Crippen molar-refractivity contribution >= 4 is 0 Å². The van der Waals surface area contributed by atoms with Crippen LogP contribution in [0.5, 0.6) is 5.88 Å². The topological polar surface area (TPSA) is 61.8 Å². The fraction of sp³-hybridized carbons (Fsp3) is 0.643. The molecule has 1 N–H and O–H groups in total. The van der Waals surface area contributed by atoms with E-state index in [0.29, 0.717) is 45.5 Å². The zero-order valence-electron chi connectivity index (χ0n) is 12.3. The van der Waals surface area contributed by atoms with E-state index in [1.807, 2.05) is 19.2 Å². The number of rotatable bonds is 12. The first-order valence-corrected chi connectivity index (χ1v) is 6.74. The minimum atomic E-state index is 0.478. The van der Waals surface area contributed by atoms with Crippen LogP contribution in [0, 0.1) is 0 Å². The number of aromatic nitrogens is 1. The molecule has 0 amide bonds. The SMILES string of the molecule is CNCc1cccnc1OCCOCCOCCOC. The van der Waals surface area contributed by atoms with E-state index >= 15 is 0 Å². The lowest BCUT2D eigenvalue weighted by atomic mass is 10.3. The van der Waals surface area contributed by atoms with Crippen LogP contribution in [0.2, 0.25) is 0 Å². The number of hydrogen-bond donors (Lipinski definition) is 1. The Labute approximate surface area is 120 Å². The summed E-state index contributed by atoms with van der Waals surface area (Å²) in [5.41, 5.74) is 1.04. The quantitative estimate of drug-likeness (QED) is 0.574. The number of ether oxygens (including phenoxy) is 4. The maximum atomic E-state index is 5.60. The predicted molar refractivity (Wildman–Crippen MR) is 76.0 cm³/mol. The van der Waals surface area contributed by atoms with Crippen LogP contribution in [0.25, 0.3) is 0 Å². The molecular weight excluding hydrogens is 260 g/mol. The second kappa shape index (κ2) is 11.6. The smallest absolute Gasteiger partial charge is 0.217 e. The highest BCUT2D eigenvalue weighted by atomic mass is 16.6. The maximum Gasteiger partial charge on any atom is 0.217 e. The second-order valence-electron chi connectivity index (χ2n) is 4.06. The van der Waals surface area contributed by atoms with Gasteiger partial charge in [-0.3, -0.25) is 0 Å². The van der Waals surface area contributed by atoms with E-state index < -0.39 is 0 Å². The third kappa shape index (κ3) is 7.40. The first kappa shape index (κ1) is 16.8. The van der Waals surface area contributed by atoms with E-state index in [1.165, 1.54) is 0 Å². The number of pyridine rings is 1. The summed E-state index contributed by atoms with van der Waals surface area (Å²) in [6, 6.07) is 3.89. The third-order valence-electron chi connectivity index (χ3n) is 2.49. The molecule has 1 aromatic heterocycles. The fourth-order valence-electron chi connectivity index (χ4n) is 1.54. The Morgan fingerprint density at radius 2 is 1.75 bits per heavy atom. The standard InChI is InChI=1S/C14H24N2O4/c1-15-12-13-4-3-5-16-14(13)20-11-10-19-9-8-18-7-6-17-2/h3-5,15H,6-12H2,1-2H3. The van der Waals surface area contributed by atoms with Gasteiger partial charge in [0.1, 0.15) is 6.61 Å². The van der Waals surface area contributed by atoms with Gasteiger partial charge < -0.3 is 24.3 Å². The van der Waals surface area contributed by atoms with Gasteiger partial charge >= 0.3 is 0 Å². The molecule has 0 fully saturated rings. The lowest BCUT2D eigenvalue weighted by Gasteiger charge is -2.10. The molecule has 6 heteroatoms. The highest BCUT2D eigenvalue weighted by molar-refractivity contribution is 5.25. The Morgan fingerprint density at radius 3 is 2.45 bits per heavy atom. The highest BCUT2D eigenvalue weighted by Gasteiger charge is 2.03. The minimum absolute atomic E-state index is 0.478. The third-order valence-corrected chi connectivity index (χ3v) is 2.49. The van der Waals surface area contributed by atoms with Crippen LogP contribution in [0.15, 0.2) is 18.3 Å². The Hall–Kier alpha value is -1.21. The number of hydrogen-bond acceptors (Lipinski definition) is 6. The summed E-state index contributed by atoms with van der Waals surface area (Å²) in [6.07, 6.45) is 1.72. The van der Waals surface area contributed by atoms with Crippen molar-refractivity contribution in [2.45, 2.75) is 6.54 Å². The molecular formula is C14H24N2O4. The molecule has 0 saturated heterocycles. The molecule has 0 atom stereocenters. The number of nitrogens with zero attached hydrogens (tertiary/aromatic N) is 1. The molecule has 0 unspecified atom stereocenters. The normalized spacial score (nSPS) is 10.7. The molecule has 20 heavy (non-hydrogen) atoms. The summed E-state index contributed by atoms with van der Waals surface area (Å²) in [5.74, 6) is 0.654. The summed E-state index contributed by atoms with van der Waals surface area (Å²) >= 11 is 0. The van der Waals surface area contributed by atoms with Crippen LogP contribution in [0.4, 0.5) is 0 Å². The van der Waals surface area contributed by atoms with Crippen LogP contribution in [-0.2, 0) is 20.8 Å². The van der Waals surface area contributed by atoms with Gasteiger partial charge in [-0.05, 0) is 13.1 Å². The molecule has 1 heterocycles.